The van der Waals surface area contributed by atoms with Crippen LogP contribution >= 0.6 is 0 Å². The molecule has 0 spiro atoms. The second-order valence-corrected chi connectivity index (χ2v) is 5.77. The van der Waals surface area contributed by atoms with E-state index in [1.807, 2.05) is 0 Å². The lowest BCUT2D eigenvalue weighted by Gasteiger charge is -2.17. The van der Waals surface area contributed by atoms with E-state index in [0.717, 1.165) is 31.4 Å². The molecule has 6 heteroatoms. The van der Waals surface area contributed by atoms with E-state index in [0.29, 0.717) is 19.1 Å². The minimum absolute atomic E-state index is 0.119. The Morgan fingerprint density at radius 3 is 2.55 bits per heavy atom. The number of anilines is 1. The standard InChI is InChI=1S/C16H19N3O3/c20-16(18-9-3-4-10-18)14-11-13(7-8-15(14)19(21)22)17-12-5-1-2-6-12/h1-2,7-8,11-12,17H,3-6,9-10H2. The van der Waals surface area contributed by atoms with Gasteiger partial charge in [0.25, 0.3) is 11.6 Å². The molecule has 0 unspecified atom stereocenters. The summed E-state index contributed by atoms with van der Waals surface area (Å²) in [5, 5.41) is 14.5. The van der Waals surface area contributed by atoms with Gasteiger partial charge in [-0.05, 0) is 37.8 Å². The lowest BCUT2D eigenvalue weighted by Crippen LogP contribution is -2.28. The summed E-state index contributed by atoms with van der Waals surface area (Å²) < 4.78 is 0. The first-order valence-electron chi connectivity index (χ1n) is 7.64. The van der Waals surface area contributed by atoms with Gasteiger partial charge in [0, 0.05) is 30.9 Å². The van der Waals surface area contributed by atoms with Gasteiger partial charge in [-0.2, -0.15) is 0 Å². The van der Waals surface area contributed by atoms with Gasteiger partial charge in [-0.3, -0.25) is 14.9 Å². The largest absolute Gasteiger partial charge is 0.382 e. The quantitative estimate of drug-likeness (QED) is 0.527. The van der Waals surface area contributed by atoms with Gasteiger partial charge in [0.1, 0.15) is 5.56 Å². The van der Waals surface area contributed by atoms with Crippen molar-refractivity contribution in [1.82, 2.24) is 4.90 Å². The predicted molar refractivity (Wildman–Crippen MR) is 84.0 cm³/mol. The van der Waals surface area contributed by atoms with E-state index >= 15 is 0 Å². The highest BCUT2D eigenvalue weighted by Crippen LogP contribution is 2.27. The van der Waals surface area contributed by atoms with E-state index in [1.54, 1.807) is 17.0 Å². The van der Waals surface area contributed by atoms with Crippen LogP contribution in [-0.4, -0.2) is 34.9 Å². The summed E-state index contributed by atoms with van der Waals surface area (Å²) in [5.74, 6) is -0.239. The van der Waals surface area contributed by atoms with Crippen molar-refractivity contribution in [2.75, 3.05) is 18.4 Å². The van der Waals surface area contributed by atoms with Crippen LogP contribution in [0.25, 0.3) is 0 Å². The topological polar surface area (TPSA) is 75.5 Å². The molecule has 0 bridgehead atoms. The second-order valence-electron chi connectivity index (χ2n) is 5.77. The number of amides is 1. The van der Waals surface area contributed by atoms with E-state index in [-0.39, 0.29) is 17.2 Å². The Labute approximate surface area is 129 Å². The molecule has 1 aromatic rings. The number of nitrogens with zero attached hydrogens (tertiary/aromatic N) is 2. The van der Waals surface area contributed by atoms with Crippen LogP contribution in [0, 0.1) is 10.1 Å². The first-order chi connectivity index (χ1) is 10.6. The van der Waals surface area contributed by atoms with Gasteiger partial charge < -0.3 is 10.2 Å². The molecule has 0 aromatic heterocycles. The molecule has 6 nitrogen and oxygen atoms in total. The summed E-state index contributed by atoms with van der Waals surface area (Å²) in [4.78, 5) is 25.0. The van der Waals surface area contributed by atoms with Crippen molar-refractivity contribution < 1.29 is 9.72 Å². The van der Waals surface area contributed by atoms with Crippen LogP contribution in [0.4, 0.5) is 11.4 Å². The fraction of sp³-hybridized carbons (Fsp3) is 0.438. The Hall–Kier alpha value is -2.37. The highest BCUT2D eigenvalue weighted by atomic mass is 16.6. The Morgan fingerprint density at radius 1 is 1.23 bits per heavy atom. The Kier molecular flexibility index (Phi) is 4.09. The first kappa shape index (κ1) is 14.6. The van der Waals surface area contributed by atoms with Crippen LogP contribution in [0.5, 0.6) is 0 Å². The molecule has 1 amide bonds. The first-order valence-corrected chi connectivity index (χ1v) is 7.64. The van der Waals surface area contributed by atoms with Crippen LogP contribution in [0.1, 0.15) is 36.0 Å². The lowest BCUT2D eigenvalue weighted by atomic mass is 10.1. The monoisotopic (exact) mass is 301 g/mol. The van der Waals surface area contributed by atoms with E-state index in [1.165, 1.54) is 6.07 Å². The minimum Gasteiger partial charge on any atom is -0.382 e. The van der Waals surface area contributed by atoms with Crippen molar-refractivity contribution in [3.05, 3.63) is 46.0 Å². The number of benzene rings is 1. The molecule has 1 aliphatic carbocycles. The molecule has 1 heterocycles. The molecular weight excluding hydrogens is 282 g/mol. The number of carbonyl (C=O) groups excluding carboxylic acids is 1. The van der Waals surface area contributed by atoms with E-state index in [9.17, 15) is 14.9 Å². The van der Waals surface area contributed by atoms with Gasteiger partial charge >= 0.3 is 0 Å². The number of hydrogen-bond acceptors (Lipinski definition) is 4. The molecule has 1 fully saturated rings. The number of hydrogen-bond donors (Lipinski definition) is 1. The molecule has 0 radical (unpaired) electrons. The Balaban J connectivity index is 1.86. The van der Waals surface area contributed by atoms with Crippen molar-refractivity contribution in [3.8, 4) is 0 Å². The van der Waals surface area contributed by atoms with Gasteiger partial charge in [0.2, 0.25) is 0 Å². The molecule has 116 valence electrons. The van der Waals surface area contributed by atoms with Gasteiger partial charge in [-0.25, -0.2) is 0 Å². The normalized spacial score (nSPS) is 17.9. The maximum atomic E-state index is 12.5. The summed E-state index contributed by atoms with van der Waals surface area (Å²) >= 11 is 0. The van der Waals surface area contributed by atoms with Crippen molar-refractivity contribution in [1.29, 1.82) is 0 Å². The average Bonchev–Trinajstić information content (AvgIpc) is 3.19. The third kappa shape index (κ3) is 2.95. The van der Waals surface area contributed by atoms with E-state index in [4.69, 9.17) is 0 Å². The number of rotatable bonds is 4. The molecule has 0 saturated carbocycles. The van der Waals surface area contributed by atoms with Gasteiger partial charge in [0.15, 0.2) is 0 Å². The third-order valence-electron chi connectivity index (χ3n) is 4.20. The number of likely N-dealkylation sites (tertiary alicyclic amines) is 1. The maximum Gasteiger partial charge on any atom is 0.282 e. The van der Waals surface area contributed by atoms with Crippen LogP contribution in [-0.2, 0) is 0 Å². The molecular formula is C16H19N3O3. The van der Waals surface area contributed by atoms with Crippen molar-refractivity contribution in [2.45, 2.75) is 31.7 Å². The minimum atomic E-state index is -0.482. The number of nitrogens with one attached hydrogen (secondary N) is 1. The Bertz CT molecular complexity index is 613. The zero-order valence-corrected chi connectivity index (χ0v) is 12.3. The van der Waals surface area contributed by atoms with Crippen molar-refractivity contribution in [2.24, 2.45) is 0 Å². The van der Waals surface area contributed by atoms with Crippen LogP contribution in [0.2, 0.25) is 0 Å². The summed E-state index contributed by atoms with van der Waals surface area (Å²) in [6.07, 6.45) is 8.02. The molecule has 3 rings (SSSR count). The number of nitro benzene ring substituents is 1. The van der Waals surface area contributed by atoms with Gasteiger partial charge in [0.05, 0.1) is 4.92 Å². The highest BCUT2D eigenvalue weighted by molar-refractivity contribution is 5.99. The van der Waals surface area contributed by atoms with E-state index in [2.05, 4.69) is 17.5 Å². The smallest absolute Gasteiger partial charge is 0.282 e. The maximum absolute atomic E-state index is 12.5. The summed E-state index contributed by atoms with van der Waals surface area (Å²) in [6, 6.07) is 5.03. The molecule has 22 heavy (non-hydrogen) atoms. The Morgan fingerprint density at radius 2 is 1.91 bits per heavy atom. The van der Waals surface area contributed by atoms with Crippen molar-refractivity contribution >= 4 is 17.3 Å². The van der Waals surface area contributed by atoms with Gasteiger partial charge in [-0.1, -0.05) is 12.2 Å². The fourth-order valence-electron chi connectivity index (χ4n) is 3.02. The van der Waals surface area contributed by atoms with E-state index < -0.39 is 4.92 Å². The number of carbonyl (C=O) groups is 1. The zero-order chi connectivity index (χ0) is 15.5. The van der Waals surface area contributed by atoms with Crippen LogP contribution < -0.4 is 5.32 Å². The molecule has 2 aliphatic rings. The summed E-state index contributed by atoms with van der Waals surface area (Å²) in [7, 11) is 0. The summed E-state index contributed by atoms with van der Waals surface area (Å²) in [5.41, 5.74) is 0.830. The zero-order valence-electron chi connectivity index (χ0n) is 12.3. The lowest BCUT2D eigenvalue weighted by molar-refractivity contribution is -0.385. The third-order valence-corrected chi connectivity index (χ3v) is 4.20. The molecule has 1 N–H and O–H groups in total. The fourth-order valence-corrected chi connectivity index (χ4v) is 3.02. The number of nitro groups is 1. The molecule has 0 atom stereocenters. The highest BCUT2D eigenvalue weighted by Gasteiger charge is 2.27. The van der Waals surface area contributed by atoms with Crippen molar-refractivity contribution in [3.63, 3.8) is 0 Å². The molecule has 1 saturated heterocycles. The average molecular weight is 301 g/mol. The predicted octanol–water partition coefficient (Wildman–Crippen LogP) is 2.96. The van der Waals surface area contributed by atoms with Gasteiger partial charge in [-0.15, -0.1) is 0 Å². The van der Waals surface area contributed by atoms with Crippen LogP contribution in [0.15, 0.2) is 30.4 Å². The second kappa shape index (κ2) is 6.17. The summed E-state index contributed by atoms with van der Waals surface area (Å²) in [6.45, 7) is 1.36. The van der Waals surface area contributed by atoms with Crippen LogP contribution in [0.3, 0.4) is 0 Å². The molecule has 1 aliphatic heterocycles. The molecule has 1 aromatic carbocycles. The SMILES string of the molecule is O=C(c1cc(NC2CC=CC2)ccc1[N+](=O)[O-])N1CCCC1.